The van der Waals surface area contributed by atoms with E-state index in [0.717, 1.165) is 16.7 Å². The van der Waals surface area contributed by atoms with E-state index in [4.69, 9.17) is 5.11 Å². The summed E-state index contributed by atoms with van der Waals surface area (Å²) in [6.07, 6.45) is 0. The van der Waals surface area contributed by atoms with Gasteiger partial charge in [-0.3, -0.25) is 4.79 Å². The molecule has 2 aromatic rings. The smallest absolute Gasteiger partial charge is 0.318 e. The number of carboxylic acid groups (broad SMARTS) is 1. The van der Waals surface area contributed by atoms with Crippen molar-refractivity contribution in [3.8, 4) is 11.1 Å². The molecule has 0 saturated heterocycles. The number of carboxylic acids is 1. The second-order valence-corrected chi connectivity index (χ2v) is 6.33. The van der Waals surface area contributed by atoms with Crippen LogP contribution in [0, 0.1) is 6.92 Å². The van der Waals surface area contributed by atoms with Crippen LogP contribution >= 0.6 is 0 Å². The maximum Gasteiger partial charge on any atom is 0.318 e. The van der Waals surface area contributed by atoms with Gasteiger partial charge in [-0.15, -0.1) is 0 Å². The zero-order valence-electron chi connectivity index (χ0n) is 11.4. The van der Waals surface area contributed by atoms with Gasteiger partial charge in [-0.25, -0.2) is 8.42 Å². The van der Waals surface area contributed by atoms with Crippen molar-refractivity contribution < 1.29 is 18.3 Å². The SMILES string of the molecule is Cc1cc(S(=O)(=O)NCC(=O)O)ccc1-c1ccccc1. The number of nitrogens with one attached hydrogen (secondary N) is 1. The molecule has 2 N–H and O–H groups in total. The molecule has 0 aromatic heterocycles. The molecule has 0 fully saturated rings. The summed E-state index contributed by atoms with van der Waals surface area (Å²) in [7, 11) is -3.81. The van der Waals surface area contributed by atoms with Crippen LogP contribution in [0.3, 0.4) is 0 Å². The lowest BCUT2D eigenvalue weighted by atomic mass is 10.0. The summed E-state index contributed by atoms with van der Waals surface area (Å²) < 4.78 is 26.0. The van der Waals surface area contributed by atoms with Gasteiger partial charge in [-0.05, 0) is 35.7 Å². The van der Waals surface area contributed by atoms with Gasteiger partial charge >= 0.3 is 5.97 Å². The van der Waals surface area contributed by atoms with Crippen molar-refractivity contribution in [2.75, 3.05) is 6.54 Å². The largest absolute Gasteiger partial charge is 0.480 e. The Balaban J connectivity index is 2.33. The van der Waals surface area contributed by atoms with Crippen LogP contribution in [0.4, 0.5) is 0 Å². The maximum atomic E-state index is 12.0. The Morgan fingerprint density at radius 2 is 1.81 bits per heavy atom. The third kappa shape index (κ3) is 3.68. The lowest BCUT2D eigenvalue weighted by Gasteiger charge is -2.10. The summed E-state index contributed by atoms with van der Waals surface area (Å²) in [5.41, 5.74) is 2.74. The number of rotatable bonds is 5. The number of aliphatic carboxylic acids is 1. The molecule has 0 amide bonds. The summed E-state index contributed by atoms with van der Waals surface area (Å²) in [6, 6.07) is 14.3. The second-order valence-electron chi connectivity index (χ2n) is 4.56. The first-order valence-corrected chi connectivity index (χ1v) is 7.76. The van der Waals surface area contributed by atoms with Gasteiger partial charge in [-0.2, -0.15) is 4.72 Å². The molecule has 0 radical (unpaired) electrons. The molecule has 0 heterocycles. The first kappa shape index (κ1) is 15.2. The first-order chi connectivity index (χ1) is 9.90. The van der Waals surface area contributed by atoms with Gasteiger partial charge in [0.2, 0.25) is 10.0 Å². The quantitative estimate of drug-likeness (QED) is 0.885. The molecule has 2 aromatic carbocycles. The van der Waals surface area contributed by atoms with E-state index in [2.05, 4.69) is 0 Å². The molecular formula is C15H15NO4S. The first-order valence-electron chi connectivity index (χ1n) is 6.28. The molecule has 0 aliphatic rings. The minimum absolute atomic E-state index is 0.0564. The predicted octanol–water partition coefficient (Wildman–Crippen LogP) is 2.02. The van der Waals surface area contributed by atoms with E-state index in [1.54, 1.807) is 6.07 Å². The van der Waals surface area contributed by atoms with Crippen molar-refractivity contribution in [1.29, 1.82) is 0 Å². The molecule has 0 bridgehead atoms. The molecule has 21 heavy (non-hydrogen) atoms. The summed E-state index contributed by atoms with van der Waals surface area (Å²) in [6.45, 7) is 1.18. The van der Waals surface area contributed by atoms with Crippen molar-refractivity contribution >= 4 is 16.0 Å². The fourth-order valence-electron chi connectivity index (χ4n) is 1.99. The number of carbonyl (C=O) groups is 1. The third-order valence-corrected chi connectivity index (χ3v) is 4.41. The molecule has 0 unspecified atom stereocenters. The Morgan fingerprint density at radius 3 is 2.38 bits per heavy atom. The summed E-state index contributed by atoms with van der Waals surface area (Å²) in [5.74, 6) is -1.23. The molecule has 6 heteroatoms. The molecule has 0 atom stereocenters. The van der Waals surface area contributed by atoms with Crippen molar-refractivity contribution in [2.45, 2.75) is 11.8 Å². The number of sulfonamides is 1. The predicted molar refractivity (Wildman–Crippen MR) is 79.4 cm³/mol. The average Bonchev–Trinajstić information content (AvgIpc) is 2.46. The molecule has 0 saturated carbocycles. The lowest BCUT2D eigenvalue weighted by Crippen LogP contribution is -2.29. The standard InChI is InChI=1S/C15H15NO4S/c1-11-9-13(21(19,20)16-10-15(17)18)7-8-14(11)12-5-3-2-4-6-12/h2-9,16H,10H2,1H3,(H,17,18). The van der Waals surface area contributed by atoms with Crippen LogP contribution in [0.1, 0.15) is 5.56 Å². The van der Waals surface area contributed by atoms with Crippen LogP contribution in [0.2, 0.25) is 0 Å². The zero-order valence-corrected chi connectivity index (χ0v) is 12.2. The molecule has 2 rings (SSSR count). The minimum Gasteiger partial charge on any atom is -0.480 e. The highest BCUT2D eigenvalue weighted by molar-refractivity contribution is 7.89. The highest BCUT2D eigenvalue weighted by atomic mass is 32.2. The van der Waals surface area contributed by atoms with Crippen LogP contribution in [0.15, 0.2) is 53.4 Å². The second kappa shape index (κ2) is 6.07. The Kier molecular flexibility index (Phi) is 4.40. The molecule has 110 valence electrons. The van der Waals surface area contributed by atoms with Gasteiger partial charge in [0, 0.05) is 0 Å². The van der Waals surface area contributed by atoms with Gasteiger partial charge in [-0.1, -0.05) is 36.4 Å². The van der Waals surface area contributed by atoms with E-state index in [-0.39, 0.29) is 4.90 Å². The molecular weight excluding hydrogens is 290 g/mol. The van der Waals surface area contributed by atoms with Gasteiger partial charge in [0.25, 0.3) is 0 Å². The number of benzene rings is 2. The van der Waals surface area contributed by atoms with E-state index in [0.29, 0.717) is 0 Å². The number of aryl methyl sites for hydroxylation is 1. The van der Waals surface area contributed by atoms with Crippen molar-refractivity contribution in [3.05, 3.63) is 54.1 Å². The molecule has 0 aliphatic heterocycles. The third-order valence-electron chi connectivity index (χ3n) is 3.01. The monoisotopic (exact) mass is 305 g/mol. The molecule has 0 aliphatic carbocycles. The Morgan fingerprint density at radius 1 is 1.14 bits per heavy atom. The summed E-state index contributed by atoms with van der Waals surface area (Å²) in [4.78, 5) is 10.5. The summed E-state index contributed by atoms with van der Waals surface area (Å²) >= 11 is 0. The normalized spacial score (nSPS) is 11.3. The molecule has 5 nitrogen and oxygen atoms in total. The van der Waals surface area contributed by atoms with Crippen molar-refractivity contribution in [3.63, 3.8) is 0 Å². The average molecular weight is 305 g/mol. The van der Waals surface area contributed by atoms with Gasteiger partial charge < -0.3 is 5.11 Å². The van der Waals surface area contributed by atoms with Crippen LogP contribution in [-0.4, -0.2) is 26.0 Å². The van der Waals surface area contributed by atoms with Crippen LogP contribution < -0.4 is 4.72 Å². The highest BCUT2D eigenvalue weighted by Gasteiger charge is 2.16. The van der Waals surface area contributed by atoms with E-state index in [9.17, 15) is 13.2 Å². The van der Waals surface area contributed by atoms with Gasteiger partial charge in [0.1, 0.15) is 6.54 Å². The Labute approximate surface area is 123 Å². The fraction of sp³-hybridized carbons (Fsp3) is 0.133. The molecule has 0 spiro atoms. The van der Waals surface area contributed by atoms with Crippen LogP contribution in [0.25, 0.3) is 11.1 Å². The van der Waals surface area contributed by atoms with E-state index >= 15 is 0 Å². The van der Waals surface area contributed by atoms with E-state index in [1.807, 2.05) is 42.0 Å². The van der Waals surface area contributed by atoms with Crippen molar-refractivity contribution in [1.82, 2.24) is 4.72 Å². The Bertz CT molecular complexity index is 754. The zero-order chi connectivity index (χ0) is 15.5. The van der Waals surface area contributed by atoms with E-state index < -0.39 is 22.5 Å². The summed E-state index contributed by atoms with van der Waals surface area (Å²) in [5, 5.41) is 8.54. The topological polar surface area (TPSA) is 83.5 Å². The lowest BCUT2D eigenvalue weighted by molar-refractivity contribution is -0.135. The van der Waals surface area contributed by atoms with Crippen LogP contribution in [0.5, 0.6) is 0 Å². The van der Waals surface area contributed by atoms with Gasteiger partial charge in [0.15, 0.2) is 0 Å². The number of hydrogen-bond donors (Lipinski definition) is 2. The highest BCUT2D eigenvalue weighted by Crippen LogP contribution is 2.25. The fourth-order valence-corrected chi connectivity index (χ4v) is 3.04. The number of hydrogen-bond acceptors (Lipinski definition) is 3. The Hall–Kier alpha value is -2.18. The van der Waals surface area contributed by atoms with Crippen molar-refractivity contribution in [2.24, 2.45) is 0 Å². The maximum absolute atomic E-state index is 12.0. The van der Waals surface area contributed by atoms with Crippen LogP contribution in [-0.2, 0) is 14.8 Å². The van der Waals surface area contributed by atoms with Gasteiger partial charge in [0.05, 0.1) is 4.90 Å². The minimum atomic E-state index is -3.81. The van der Waals surface area contributed by atoms with E-state index in [1.165, 1.54) is 12.1 Å².